The van der Waals surface area contributed by atoms with Gasteiger partial charge in [-0.1, -0.05) is 64.9 Å². The lowest BCUT2D eigenvalue weighted by atomic mass is 9.91. The van der Waals surface area contributed by atoms with Crippen LogP contribution >= 0.6 is 0 Å². The van der Waals surface area contributed by atoms with Gasteiger partial charge in [-0.3, -0.25) is 4.98 Å². The summed E-state index contributed by atoms with van der Waals surface area (Å²) in [6.07, 6.45) is 14.0. The van der Waals surface area contributed by atoms with Gasteiger partial charge in [0.15, 0.2) is 0 Å². The summed E-state index contributed by atoms with van der Waals surface area (Å²) in [7, 11) is 0. The van der Waals surface area contributed by atoms with Crippen molar-refractivity contribution in [2.45, 2.75) is 77.6 Å². The minimum Gasteiger partial charge on any atom is -0.261 e. The fourth-order valence-corrected chi connectivity index (χ4v) is 2.52. The SMILES string of the molecule is CCCCCCC(CCCCC)c1ccccn1. The number of hydrogen-bond donors (Lipinski definition) is 0. The molecule has 0 N–H and O–H groups in total. The van der Waals surface area contributed by atoms with Crippen molar-refractivity contribution in [1.29, 1.82) is 0 Å². The molecular weight excluding hydrogens is 218 g/mol. The van der Waals surface area contributed by atoms with Crippen LogP contribution in [0.2, 0.25) is 0 Å². The first-order chi connectivity index (χ1) is 8.88. The molecule has 0 spiro atoms. The molecule has 0 radical (unpaired) electrons. The fraction of sp³-hybridized carbons (Fsp3) is 0.706. The van der Waals surface area contributed by atoms with E-state index < -0.39 is 0 Å². The number of rotatable bonds is 10. The molecule has 1 atom stereocenters. The highest BCUT2D eigenvalue weighted by molar-refractivity contribution is 5.09. The highest BCUT2D eigenvalue weighted by atomic mass is 14.7. The molecular formula is C17H29N. The van der Waals surface area contributed by atoms with E-state index >= 15 is 0 Å². The predicted molar refractivity (Wildman–Crippen MR) is 79.9 cm³/mol. The molecule has 1 nitrogen and oxygen atoms in total. The Morgan fingerprint density at radius 3 is 2.17 bits per heavy atom. The van der Waals surface area contributed by atoms with Crippen LogP contribution in [0.3, 0.4) is 0 Å². The zero-order chi connectivity index (χ0) is 13.1. The van der Waals surface area contributed by atoms with Crippen molar-refractivity contribution in [1.82, 2.24) is 4.98 Å². The third kappa shape index (κ3) is 6.18. The molecule has 1 aromatic heterocycles. The maximum absolute atomic E-state index is 4.56. The van der Waals surface area contributed by atoms with Gasteiger partial charge in [0.2, 0.25) is 0 Å². The molecule has 0 aromatic carbocycles. The van der Waals surface area contributed by atoms with Crippen LogP contribution in [0.15, 0.2) is 24.4 Å². The van der Waals surface area contributed by atoms with Crippen molar-refractivity contribution >= 4 is 0 Å². The largest absolute Gasteiger partial charge is 0.261 e. The number of nitrogens with zero attached hydrogens (tertiary/aromatic N) is 1. The van der Waals surface area contributed by atoms with Crippen LogP contribution in [0.25, 0.3) is 0 Å². The molecule has 0 aliphatic rings. The number of aromatic nitrogens is 1. The van der Waals surface area contributed by atoms with Crippen LogP contribution in [0.1, 0.15) is 83.2 Å². The van der Waals surface area contributed by atoms with Gasteiger partial charge in [0.05, 0.1) is 0 Å². The first-order valence-corrected chi connectivity index (χ1v) is 7.79. The van der Waals surface area contributed by atoms with Crippen molar-refractivity contribution in [3.8, 4) is 0 Å². The topological polar surface area (TPSA) is 12.9 Å². The first-order valence-electron chi connectivity index (χ1n) is 7.79. The Kier molecular flexibility index (Phi) is 8.54. The van der Waals surface area contributed by atoms with Crippen LogP contribution in [0, 0.1) is 0 Å². The van der Waals surface area contributed by atoms with Crippen molar-refractivity contribution in [2.75, 3.05) is 0 Å². The molecule has 0 amide bonds. The zero-order valence-corrected chi connectivity index (χ0v) is 12.2. The zero-order valence-electron chi connectivity index (χ0n) is 12.2. The maximum atomic E-state index is 4.56. The number of hydrogen-bond acceptors (Lipinski definition) is 1. The molecule has 0 aliphatic heterocycles. The van der Waals surface area contributed by atoms with E-state index in [1.54, 1.807) is 0 Å². The molecule has 1 heteroatoms. The normalized spacial score (nSPS) is 12.6. The van der Waals surface area contributed by atoms with Gasteiger partial charge in [-0.25, -0.2) is 0 Å². The van der Waals surface area contributed by atoms with Crippen LogP contribution in [0.4, 0.5) is 0 Å². The van der Waals surface area contributed by atoms with E-state index in [-0.39, 0.29) is 0 Å². The summed E-state index contributed by atoms with van der Waals surface area (Å²) in [5.74, 6) is 0.689. The summed E-state index contributed by atoms with van der Waals surface area (Å²) >= 11 is 0. The highest BCUT2D eigenvalue weighted by Gasteiger charge is 2.11. The van der Waals surface area contributed by atoms with Gasteiger partial charge >= 0.3 is 0 Å². The Hall–Kier alpha value is -0.850. The summed E-state index contributed by atoms with van der Waals surface area (Å²) in [4.78, 5) is 4.56. The van der Waals surface area contributed by atoms with Gasteiger partial charge < -0.3 is 0 Å². The summed E-state index contributed by atoms with van der Waals surface area (Å²) in [6, 6.07) is 6.35. The van der Waals surface area contributed by atoms with E-state index in [4.69, 9.17) is 0 Å². The third-order valence-electron chi connectivity index (χ3n) is 3.67. The summed E-state index contributed by atoms with van der Waals surface area (Å²) < 4.78 is 0. The van der Waals surface area contributed by atoms with E-state index in [0.717, 1.165) is 0 Å². The molecule has 0 saturated carbocycles. The second-order valence-electron chi connectivity index (χ2n) is 5.30. The lowest BCUT2D eigenvalue weighted by molar-refractivity contribution is 0.493. The smallest absolute Gasteiger partial charge is 0.0434 e. The predicted octanol–water partition coefficient (Wildman–Crippen LogP) is 5.72. The molecule has 102 valence electrons. The van der Waals surface area contributed by atoms with Gasteiger partial charge in [0.1, 0.15) is 0 Å². The minimum atomic E-state index is 0.689. The van der Waals surface area contributed by atoms with E-state index in [9.17, 15) is 0 Å². The molecule has 0 aliphatic carbocycles. The summed E-state index contributed by atoms with van der Waals surface area (Å²) in [5, 5.41) is 0. The van der Waals surface area contributed by atoms with E-state index in [1.807, 2.05) is 12.3 Å². The van der Waals surface area contributed by atoms with Crippen LogP contribution in [-0.4, -0.2) is 4.98 Å². The summed E-state index contributed by atoms with van der Waals surface area (Å²) in [5.41, 5.74) is 1.31. The Bertz CT molecular complexity index is 281. The van der Waals surface area contributed by atoms with Gasteiger partial charge in [-0.15, -0.1) is 0 Å². The third-order valence-corrected chi connectivity index (χ3v) is 3.67. The van der Waals surface area contributed by atoms with Gasteiger partial charge in [-0.2, -0.15) is 0 Å². The molecule has 1 aromatic rings. The highest BCUT2D eigenvalue weighted by Crippen LogP contribution is 2.26. The summed E-state index contributed by atoms with van der Waals surface area (Å²) in [6.45, 7) is 4.55. The van der Waals surface area contributed by atoms with Crippen molar-refractivity contribution in [3.63, 3.8) is 0 Å². The minimum absolute atomic E-state index is 0.689. The van der Waals surface area contributed by atoms with Crippen LogP contribution in [0.5, 0.6) is 0 Å². The molecule has 1 unspecified atom stereocenters. The monoisotopic (exact) mass is 247 g/mol. The Morgan fingerprint density at radius 2 is 1.56 bits per heavy atom. The Labute approximate surface area is 113 Å². The van der Waals surface area contributed by atoms with Gasteiger partial charge in [0, 0.05) is 17.8 Å². The van der Waals surface area contributed by atoms with Crippen LogP contribution in [-0.2, 0) is 0 Å². The number of unbranched alkanes of at least 4 members (excludes halogenated alkanes) is 5. The van der Waals surface area contributed by atoms with Crippen molar-refractivity contribution in [3.05, 3.63) is 30.1 Å². The fourth-order valence-electron chi connectivity index (χ4n) is 2.52. The Balaban J connectivity index is 2.42. The second kappa shape index (κ2) is 10.1. The molecule has 18 heavy (non-hydrogen) atoms. The van der Waals surface area contributed by atoms with E-state index in [2.05, 4.69) is 31.0 Å². The van der Waals surface area contributed by atoms with Gasteiger partial charge in [0.25, 0.3) is 0 Å². The van der Waals surface area contributed by atoms with Crippen LogP contribution < -0.4 is 0 Å². The average Bonchev–Trinajstić information content (AvgIpc) is 2.42. The standard InChI is InChI=1S/C17H29N/c1-3-5-7-9-13-16(12-8-6-4-2)17-14-10-11-15-18-17/h10-11,14-16H,3-9,12-13H2,1-2H3. The maximum Gasteiger partial charge on any atom is 0.0434 e. The van der Waals surface area contributed by atoms with E-state index in [0.29, 0.717) is 5.92 Å². The van der Waals surface area contributed by atoms with E-state index in [1.165, 1.54) is 63.5 Å². The first kappa shape index (κ1) is 15.2. The molecule has 0 fully saturated rings. The van der Waals surface area contributed by atoms with Gasteiger partial charge in [-0.05, 0) is 25.0 Å². The quantitative estimate of drug-likeness (QED) is 0.482. The molecule has 1 rings (SSSR count). The molecule has 1 heterocycles. The number of pyridine rings is 1. The van der Waals surface area contributed by atoms with Crippen molar-refractivity contribution in [2.24, 2.45) is 0 Å². The molecule has 0 saturated heterocycles. The second-order valence-corrected chi connectivity index (χ2v) is 5.30. The average molecular weight is 247 g/mol. The Morgan fingerprint density at radius 1 is 0.889 bits per heavy atom. The van der Waals surface area contributed by atoms with Crippen molar-refractivity contribution < 1.29 is 0 Å². The lowest BCUT2D eigenvalue weighted by Crippen LogP contribution is -2.02. The molecule has 0 bridgehead atoms. The lowest BCUT2D eigenvalue weighted by Gasteiger charge is -2.16.